The summed E-state index contributed by atoms with van der Waals surface area (Å²) in [6.45, 7) is 1.48. The Hall–Kier alpha value is -1.20. The molecule has 0 heterocycles. The van der Waals surface area contributed by atoms with E-state index in [0.717, 1.165) is 11.8 Å². The second-order valence-corrected chi connectivity index (χ2v) is 5.87. The normalized spacial score (nSPS) is 13.4. The Bertz CT molecular complexity index is 476. The lowest BCUT2D eigenvalue weighted by atomic mass is 10.0. The van der Waals surface area contributed by atoms with Gasteiger partial charge in [0.05, 0.1) is 4.90 Å². The lowest BCUT2D eigenvalue weighted by molar-refractivity contribution is -0.117. The van der Waals surface area contributed by atoms with Gasteiger partial charge in [0.2, 0.25) is 0 Å². The quantitative estimate of drug-likeness (QED) is 0.855. The Morgan fingerprint density at radius 2 is 1.81 bits per heavy atom. The molecule has 0 bridgehead atoms. The van der Waals surface area contributed by atoms with Crippen LogP contribution in [0.4, 0.5) is 0 Å². The molecule has 1 aromatic carbocycles. The van der Waals surface area contributed by atoms with Crippen molar-refractivity contribution >= 4 is 15.6 Å². The number of hydrogen-bond acceptors (Lipinski definition) is 4. The summed E-state index contributed by atoms with van der Waals surface area (Å²) in [5, 5.41) is 0. The largest absolute Gasteiger partial charge is 0.324 e. The van der Waals surface area contributed by atoms with E-state index in [2.05, 4.69) is 0 Å². The van der Waals surface area contributed by atoms with Crippen LogP contribution < -0.4 is 5.73 Å². The SMILES string of the molecule is CC(=O)CC(N)c1ccc(S(C)(=O)=O)cc1. The van der Waals surface area contributed by atoms with Gasteiger partial charge in [-0.15, -0.1) is 0 Å². The number of Topliss-reactive ketones (excluding diaryl/α,β-unsaturated/α-hetero) is 1. The fourth-order valence-electron chi connectivity index (χ4n) is 1.39. The third kappa shape index (κ3) is 3.43. The highest BCUT2D eigenvalue weighted by Crippen LogP contribution is 2.17. The highest BCUT2D eigenvalue weighted by Gasteiger charge is 2.11. The number of ketones is 1. The van der Waals surface area contributed by atoms with Crippen molar-refractivity contribution < 1.29 is 13.2 Å². The van der Waals surface area contributed by atoms with Crippen LogP contribution in [0.3, 0.4) is 0 Å². The molecule has 1 rings (SSSR count). The van der Waals surface area contributed by atoms with E-state index in [0.29, 0.717) is 0 Å². The van der Waals surface area contributed by atoms with E-state index in [1.54, 1.807) is 12.1 Å². The summed E-state index contributed by atoms with van der Waals surface area (Å²) >= 11 is 0. The molecule has 1 aromatic rings. The van der Waals surface area contributed by atoms with E-state index in [-0.39, 0.29) is 23.1 Å². The molecule has 4 nitrogen and oxygen atoms in total. The minimum Gasteiger partial charge on any atom is -0.324 e. The first-order valence-corrected chi connectivity index (χ1v) is 6.75. The molecule has 1 unspecified atom stereocenters. The fourth-order valence-corrected chi connectivity index (χ4v) is 2.02. The van der Waals surface area contributed by atoms with Crippen molar-refractivity contribution in [3.05, 3.63) is 29.8 Å². The zero-order valence-electron chi connectivity index (χ0n) is 9.30. The topological polar surface area (TPSA) is 77.2 Å². The maximum Gasteiger partial charge on any atom is 0.175 e. The summed E-state index contributed by atoms with van der Waals surface area (Å²) in [6, 6.07) is 5.93. The van der Waals surface area contributed by atoms with Crippen LogP contribution in [0.2, 0.25) is 0 Å². The molecule has 16 heavy (non-hydrogen) atoms. The van der Waals surface area contributed by atoms with Crippen molar-refractivity contribution in [1.29, 1.82) is 0 Å². The highest BCUT2D eigenvalue weighted by atomic mass is 32.2. The van der Waals surface area contributed by atoms with E-state index >= 15 is 0 Å². The zero-order valence-corrected chi connectivity index (χ0v) is 10.1. The summed E-state index contributed by atoms with van der Waals surface area (Å²) in [6.07, 6.45) is 1.41. The molecule has 0 amide bonds. The summed E-state index contributed by atoms with van der Waals surface area (Å²) in [5.74, 6) is 0.0136. The molecule has 5 heteroatoms. The predicted molar refractivity (Wildman–Crippen MR) is 61.8 cm³/mol. The van der Waals surface area contributed by atoms with Crippen LogP contribution >= 0.6 is 0 Å². The molecule has 0 fully saturated rings. The van der Waals surface area contributed by atoms with Crippen LogP contribution in [0.1, 0.15) is 24.9 Å². The maximum atomic E-state index is 11.2. The van der Waals surface area contributed by atoms with Crippen molar-refractivity contribution in [1.82, 2.24) is 0 Å². The molecule has 0 spiro atoms. The molecule has 0 saturated carbocycles. The van der Waals surface area contributed by atoms with Gasteiger partial charge in [-0.3, -0.25) is 4.79 Å². The molecular formula is C11H15NO3S. The van der Waals surface area contributed by atoms with Crippen LogP contribution in [-0.4, -0.2) is 20.5 Å². The van der Waals surface area contributed by atoms with Crippen LogP contribution in [0, 0.1) is 0 Å². The molecule has 0 aliphatic rings. The lowest BCUT2D eigenvalue weighted by Crippen LogP contribution is -2.13. The van der Waals surface area contributed by atoms with Crippen LogP contribution in [0.25, 0.3) is 0 Å². The van der Waals surface area contributed by atoms with Gasteiger partial charge in [-0.25, -0.2) is 8.42 Å². The van der Waals surface area contributed by atoms with Crippen molar-refractivity contribution in [2.75, 3.05) is 6.26 Å². The van der Waals surface area contributed by atoms with Gasteiger partial charge in [0.1, 0.15) is 5.78 Å². The first kappa shape index (κ1) is 12.9. The first-order chi connectivity index (χ1) is 7.30. The molecule has 0 saturated heterocycles. The maximum absolute atomic E-state index is 11.2. The van der Waals surface area contributed by atoms with Gasteiger partial charge in [-0.05, 0) is 24.6 Å². The molecule has 88 valence electrons. The number of nitrogens with two attached hydrogens (primary N) is 1. The minimum atomic E-state index is -3.18. The molecule has 0 aliphatic carbocycles. The zero-order chi connectivity index (χ0) is 12.3. The monoisotopic (exact) mass is 241 g/mol. The molecule has 2 N–H and O–H groups in total. The van der Waals surface area contributed by atoms with E-state index in [4.69, 9.17) is 5.73 Å². The molecular weight excluding hydrogens is 226 g/mol. The van der Waals surface area contributed by atoms with Crippen LogP contribution in [0.5, 0.6) is 0 Å². The Morgan fingerprint density at radius 1 is 1.31 bits per heavy atom. The fraction of sp³-hybridized carbons (Fsp3) is 0.364. The predicted octanol–water partition coefficient (Wildman–Crippen LogP) is 1.07. The van der Waals surface area contributed by atoms with Crippen molar-refractivity contribution in [2.24, 2.45) is 5.73 Å². The third-order valence-electron chi connectivity index (χ3n) is 2.24. The molecule has 0 radical (unpaired) electrons. The minimum absolute atomic E-state index is 0.0136. The lowest BCUT2D eigenvalue weighted by Gasteiger charge is -2.10. The number of sulfone groups is 1. The van der Waals surface area contributed by atoms with Gasteiger partial charge in [0.15, 0.2) is 9.84 Å². The highest BCUT2D eigenvalue weighted by molar-refractivity contribution is 7.90. The van der Waals surface area contributed by atoms with Gasteiger partial charge in [-0.2, -0.15) is 0 Å². The number of benzene rings is 1. The summed E-state index contributed by atoms with van der Waals surface area (Å²) in [7, 11) is -3.18. The van der Waals surface area contributed by atoms with Crippen molar-refractivity contribution in [2.45, 2.75) is 24.3 Å². The van der Waals surface area contributed by atoms with E-state index in [1.807, 2.05) is 0 Å². The van der Waals surface area contributed by atoms with Gasteiger partial charge in [-0.1, -0.05) is 12.1 Å². The van der Waals surface area contributed by atoms with E-state index in [9.17, 15) is 13.2 Å². The summed E-state index contributed by atoms with van der Waals surface area (Å²) in [5.41, 5.74) is 6.55. The number of hydrogen-bond donors (Lipinski definition) is 1. The molecule has 0 aliphatic heterocycles. The third-order valence-corrected chi connectivity index (χ3v) is 3.37. The molecule has 1 atom stereocenters. The second kappa shape index (κ2) is 4.76. The second-order valence-electron chi connectivity index (χ2n) is 3.85. The van der Waals surface area contributed by atoms with Gasteiger partial charge < -0.3 is 5.73 Å². The number of carbonyl (C=O) groups excluding carboxylic acids is 1. The van der Waals surface area contributed by atoms with Crippen LogP contribution in [0.15, 0.2) is 29.2 Å². The Morgan fingerprint density at radius 3 is 2.19 bits per heavy atom. The number of carbonyl (C=O) groups is 1. The van der Waals surface area contributed by atoms with E-state index in [1.165, 1.54) is 19.1 Å². The Labute approximate surface area is 95.4 Å². The van der Waals surface area contributed by atoms with Crippen LogP contribution in [-0.2, 0) is 14.6 Å². The standard InChI is InChI=1S/C11H15NO3S/c1-8(13)7-11(12)9-3-5-10(6-4-9)16(2,14)15/h3-6,11H,7,12H2,1-2H3. The molecule has 0 aromatic heterocycles. The summed E-state index contributed by atoms with van der Waals surface area (Å²) in [4.78, 5) is 11.1. The Balaban J connectivity index is 2.91. The average Bonchev–Trinajstić information content (AvgIpc) is 2.15. The van der Waals surface area contributed by atoms with Crippen molar-refractivity contribution in [3.8, 4) is 0 Å². The van der Waals surface area contributed by atoms with E-state index < -0.39 is 9.84 Å². The van der Waals surface area contributed by atoms with Gasteiger partial charge >= 0.3 is 0 Å². The van der Waals surface area contributed by atoms with Gasteiger partial charge in [0, 0.05) is 18.7 Å². The first-order valence-electron chi connectivity index (χ1n) is 4.86. The summed E-state index contributed by atoms with van der Waals surface area (Å²) < 4.78 is 22.4. The number of rotatable bonds is 4. The average molecular weight is 241 g/mol. The van der Waals surface area contributed by atoms with Crippen molar-refractivity contribution in [3.63, 3.8) is 0 Å². The smallest absolute Gasteiger partial charge is 0.175 e. The Kier molecular flexibility index (Phi) is 3.83. The van der Waals surface area contributed by atoms with Gasteiger partial charge in [0.25, 0.3) is 0 Å².